The van der Waals surface area contributed by atoms with Gasteiger partial charge in [0, 0.05) is 18.9 Å². The summed E-state index contributed by atoms with van der Waals surface area (Å²) in [6, 6.07) is 3.83. The minimum Gasteiger partial charge on any atom is -0.486 e. The maximum atomic E-state index is 13.2. The number of fused-ring (bicyclic) bond motifs is 1. The molecule has 3 rings (SSSR count). The van der Waals surface area contributed by atoms with E-state index in [1.807, 2.05) is 0 Å². The molecule has 0 unspecified atom stereocenters. The molecule has 0 saturated carbocycles. The Morgan fingerprint density at radius 1 is 1.21 bits per heavy atom. The number of carbonyl (C=O) groups excluding carboxylic acids is 1. The minimum atomic E-state index is -3.03. The van der Waals surface area contributed by atoms with Crippen LogP contribution in [0.5, 0.6) is 5.75 Å². The first-order valence-electron chi connectivity index (χ1n) is 6.11. The number of hydrogen-bond donors (Lipinski definition) is 0. The van der Waals surface area contributed by atoms with Crippen molar-refractivity contribution in [2.24, 2.45) is 0 Å². The summed E-state index contributed by atoms with van der Waals surface area (Å²) in [5, 5.41) is 0. The van der Waals surface area contributed by atoms with Gasteiger partial charge < -0.3 is 4.74 Å². The Hall–Kier alpha value is -1.43. The highest BCUT2D eigenvalue weighted by Crippen LogP contribution is 2.39. The molecule has 0 amide bonds. The molecule has 0 bridgehead atoms. The summed E-state index contributed by atoms with van der Waals surface area (Å²) in [7, 11) is -3.03. The van der Waals surface area contributed by atoms with E-state index in [2.05, 4.69) is 0 Å². The molecule has 0 N–H and O–H groups in total. The molecule has 1 aromatic carbocycles. The highest BCUT2D eigenvalue weighted by atomic mass is 32.2. The molecular formula is C13H13FO4S. The van der Waals surface area contributed by atoms with Gasteiger partial charge in [-0.1, -0.05) is 0 Å². The van der Waals surface area contributed by atoms with E-state index in [4.69, 9.17) is 4.74 Å². The molecule has 2 aliphatic rings. The molecule has 102 valence electrons. The number of Topliss-reactive ketones (excluding diaryl/α,β-unsaturated/α-hetero) is 1. The van der Waals surface area contributed by atoms with Crippen LogP contribution in [0.2, 0.25) is 0 Å². The van der Waals surface area contributed by atoms with Gasteiger partial charge in [-0.3, -0.25) is 4.79 Å². The standard InChI is InChI=1S/C13H13FO4S/c14-9-1-2-10-11(15)8-13(18-12(10)7-9)3-5-19(16,17)6-4-13/h1-2,7H,3-6,8H2. The lowest BCUT2D eigenvalue weighted by atomic mass is 9.85. The zero-order valence-corrected chi connectivity index (χ0v) is 11.0. The van der Waals surface area contributed by atoms with Gasteiger partial charge in [0.15, 0.2) is 15.6 Å². The van der Waals surface area contributed by atoms with Crippen molar-refractivity contribution in [2.45, 2.75) is 24.9 Å². The van der Waals surface area contributed by atoms with Crippen LogP contribution in [0.4, 0.5) is 4.39 Å². The Kier molecular flexibility index (Phi) is 2.67. The SMILES string of the molecule is O=C1CC2(CCS(=O)(=O)CC2)Oc2cc(F)ccc21. The summed E-state index contributed by atoms with van der Waals surface area (Å²) in [4.78, 5) is 12.1. The molecule has 19 heavy (non-hydrogen) atoms. The third kappa shape index (κ3) is 2.25. The predicted octanol–water partition coefficient (Wildman–Crippen LogP) is 1.74. The second kappa shape index (κ2) is 4.03. The normalized spacial score (nSPS) is 23.7. The molecule has 1 aromatic rings. The number of hydrogen-bond acceptors (Lipinski definition) is 4. The van der Waals surface area contributed by atoms with Gasteiger partial charge in [0.25, 0.3) is 0 Å². The van der Waals surface area contributed by atoms with Gasteiger partial charge in [-0.25, -0.2) is 12.8 Å². The van der Waals surface area contributed by atoms with Crippen LogP contribution in [0.15, 0.2) is 18.2 Å². The highest BCUT2D eigenvalue weighted by Gasteiger charge is 2.44. The van der Waals surface area contributed by atoms with Crippen LogP contribution >= 0.6 is 0 Å². The van der Waals surface area contributed by atoms with E-state index < -0.39 is 21.3 Å². The molecule has 0 aromatic heterocycles. The van der Waals surface area contributed by atoms with Crippen molar-refractivity contribution in [1.82, 2.24) is 0 Å². The van der Waals surface area contributed by atoms with Crippen LogP contribution in [-0.4, -0.2) is 31.3 Å². The smallest absolute Gasteiger partial charge is 0.170 e. The van der Waals surface area contributed by atoms with E-state index in [0.29, 0.717) is 5.56 Å². The lowest BCUT2D eigenvalue weighted by Gasteiger charge is -2.40. The number of ether oxygens (including phenoxy) is 1. The monoisotopic (exact) mass is 284 g/mol. The number of ketones is 1. The molecule has 4 nitrogen and oxygen atoms in total. The predicted molar refractivity (Wildman–Crippen MR) is 66.6 cm³/mol. The molecule has 0 atom stereocenters. The van der Waals surface area contributed by atoms with Crippen molar-refractivity contribution < 1.29 is 22.3 Å². The average molecular weight is 284 g/mol. The Balaban J connectivity index is 1.95. The van der Waals surface area contributed by atoms with Gasteiger partial charge in [-0.15, -0.1) is 0 Å². The Morgan fingerprint density at radius 2 is 1.89 bits per heavy atom. The van der Waals surface area contributed by atoms with Crippen LogP contribution in [0.3, 0.4) is 0 Å². The van der Waals surface area contributed by atoms with Gasteiger partial charge in [0.05, 0.1) is 23.5 Å². The van der Waals surface area contributed by atoms with E-state index >= 15 is 0 Å². The summed E-state index contributed by atoms with van der Waals surface area (Å²) in [5.74, 6) is -0.307. The summed E-state index contributed by atoms with van der Waals surface area (Å²) in [5.41, 5.74) is -0.399. The van der Waals surface area contributed by atoms with Crippen LogP contribution in [0.25, 0.3) is 0 Å². The van der Waals surface area contributed by atoms with Gasteiger partial charge >= 0.3 is 0 Å². The fourth-order valence-electron chi connectivity index (χ4n) is 2.66. The molecule has 1 fully saturated rings. The summed E-state index contributed by atoms with van der Waals surface area (Å²) in [6.07, 6.45) is 0.745. The Morgan fingerprint density at radius 3 is 2.58 bits per heavy atom. The first-order valence-corrected chi connectivity index (χ1v) is 7.94. The molecule has 0 radical (unpaired) electrons. The van der Waals surface area contributed by atoms with Crippen LogP contribution in [0, 0.1) is 5.82 Å². The molecule has 2 aliphatic heterocycles. The Bertz CT molecular complexity index is 637. The molecule has 2 heterocycles. The first kappa shape index (κ1) is 12.6. The quantitative estimate of drug-likeness (QED) is 0.728. The van der Waals surface area contributed by atoms with Gasteiger partial charge in [0.1, 0.15) is 17.2 Å². The molecule has 6 heteroatoms. The van der Waals surface area contributed by atoms with Crippen LogP contribution in [0.1, 0.15) is 29.6 Å². The topological polar surface area (TPSA) is 60.4 Å². The molecule has 1 saturated heterocycles. The summed E-state index contributed by atoms with van der Waals surface area (Å²) < 4.78 is 41.9. The average Bonchev–Trinajstić information content (AvgIpc) is 2.33. The van der Waals surface area contributed by atoms with E-state index in [1.54, 1.807) is 0 Å². The van der Waals surface area contributed by atoms with E-state index in [-0.39, 0.29) is 42.3 Å². The van der Waals surface area contributed by atoms with Crippen molar-refractivity contribution in [3.05, 3.63) is 29.6 Å². The second-order valence-corrected chi connectivity index (χ2v) is 7.48. The highest BCUT2D eigenvalue weighted by molar-refractivity contribution is 7.91. The molecular weight excluding hydrogens is 271 g/mol. The zero-order chi connectivity index (χ0) is 13.7. The van der Waals surface area contributed by atoms with E-state index in [0.717, 1.165) is 0 Å². The van der Waals surface area contributed by atoms with Gasteiger partial charge in [-0.2, -0.15) is 0 Å². The first-order chi connectivity index (χ1) is 8.89. The lowest BCUT2D eigenvalue weighted by Crippen LogP contribution is -2.48. The number of sulfone groups is 1. The fraction of sp³-hybridized carbons (Fsp3) is 0.462. The fourth-order valence-corrected chi connectivity index (χ4v) is 4.23. The van der Waals surface area contributed by atoms with Crippen LogP contribution in [-0.2, 0) is 9.84 Å². The van der Waals surface area contributed by atoms with Crippen LogP contribution < -0.4 is 4.74 Å². The van der Waals surface area contributed by atoms with E-state index in [9.17, 15) is 17.6 Å². The summed E-state index contributed by atoms with van der Waals surface area (Å²) in [6.45, 7) is 0. The third-order valence-electron chi connectivity index (χ3n) is 3.79. The van der Waals surface area contributed by atoms with Gasteiger partial charge in [-0.05, 0) is 12.1 Å². The minimum absolute atomic E-state index is 0.0188. The third-order valence-corrected chi connectivity index (χ3v) is 5.44. The molecule has 0 aliphatic carbocycles. The van der Waals surface area contributed by atoms with Gasteiger partial charge in [0.2, 0.25) is 0 Å². The number of rotatable bonds is 0. The number of carbonyl (C=O) groups is 1. The zero-order valence-electron chi connectivity index (χ0n) is 10.2. The summed E-state index contributed by atoms with van der Waals surface area (Å²) >= 11 is 0. The number of halogens is 1. The number of benzene rings is 1. The maximum Gasteiger partial charge on any atom is 0.170 e. The Labute approximate surface area is 110 Å². The van der Waals surface area contributed by atoms with Crippen molar-refractivity contribution in [3.63, 3.8) is 0 Å². The van der Waals surface area contributed by atoms with Crippen molar-refractivity contribution in [2.75, 3.05) is 11.5 Å². The molecule has 1 spiro atoms. The maximum absolute atomic E-state index is 13.2. The van der Waals surface area contributed by atoms with E-state index in [1.165, 1.54) is 18.2 Å². The van der Waals surface area contributed by atoms with Crippen molar-refractivity contribution in [1.29, 1.82) is 0 Å². The van der Waals surface area contributed by atoms with Crippen molar-refractivity contribution in [3.8, 4) is 5.75 Å². The second-order valence-electron chi connectivity index (χ2n) is 5.18. The lowest BCUT2D eigenvalue weighted by molar-refractivity contribution is 0.0333. The van der Waals surface area contributed by atoms with Crippen molar-refractivity contribution >= 4 is 15.6 Å². The largest absolute Gasteiger partial charge is 0.486 e.